The summed E-state index contributed by atoms with van der Waals surface area (Å²) in [5, 5.41) is 0. The highest BCUT2D eigenvalue weighted by molar-refractivity contribution is 9.10. The number of nitrogens with one attached hydrogen (secondary N) is 1. The molecule has 2 nitrogen and oxygen atoms in total. The quantitative estimate of drug-likeness (QED) is 0.252. The maximum absolute atomic E-state index is 5.55. The Labute approximate surface area is 116 Å². The number of nitrogens with two attached hydrogens (primary N) is 1. The van der Waals surface area contributed by atoms with Crippen molar-refractivity contribution in [3.05, 3.63) is 41.4 Å². The van der Waals surface area contributed by atoms with E-state index in [9.17, 15) is 0 Å². The van der Waals surface area contributed by atoms with E-state index in [4.69, 9.17) is 5.84 Å². The highest BCUT2D eigenvalue weighted by Crippen LogP contribution is 2.23. The van der Waals surface area contributed by atoms with Gasteiger partial charge in [0.15, 0.2) is 0 Å². The van der Waals surface area contributed by atoms with E-state index in [1.807, 2.05) is 23.9 Å². The van der Waals surface area contributed by atoms with Gasteiger partial charge in [0.1, 0.15) is 0 Å². The molecule has 0 radical (unpaired) electrons. The molecule has 1 rings (SSSR count). The van der Waals surface area contributed by atoms with Gasteiger partial charge >= 0.3 is 0 Å². The molecule has 0 heterocycles. The van der Waals surface area contributed by atoms with Crippen LogP contribution in [-0.4, -0.2) is 11.8 Å². The summed E-state index contributed by atoms with van der Waals surface area (Å²) in [6, 6.07) is 8.69. The minimum Gasteiger partial charge on any atom is -0.271 e. The molecule has 1 aromatic rings. The number of hydrazine groups is 1. The molecule has 0 aliphatic carbocycles. The van der Waals surface area contributed by atoms with Crippen molar-refractivity contribution in [2.45, 2.75) is 30.2 Å². The zero-order valence-electron chi connectivity index (χ0n) is 9.86. The molecule has 17 heavy (non-hydrogen) atoms. The van der Waals surface area contributed by atoms with Gasteiger partial charge in [0.05, 0.1) is 0 Å². The third-order valence-electron chi connectivity index (χ3n) is 2.44. The van der Waals surface area contributed by atoms with Crippen LogP contribution in [0.4, 0.5) is 0 Å². The van der Waals surface area contributed by atoms with Crippen molar-refractivity contribution in [3.8, 4) is 0 Å². The van der Waals surface area contributed by atoms with Crippen LogP contribution in [-0.2, 0) is 0 Å². The van der Waals surface area contributed by atoms with Crippen LogP contribution >= 0.6 is 27.7 Å². The Morgan fingerprint density at radius 3 is 3.00 bits per heavy atom. The van der Waals surface area contributed by atoms with Crippen LogP contribution in [0.15, 0.2) is 46.3 Å². The van der Waals surface area contributed by atoms with Gasteiger partial charge in [0, 0.05) is 21.2 Å². The van der Waals surface area contributed by atoms with Crippen LogP contribution < -0.4 is 11.3 Å². The lowest BCUT2D eigenvalue weighted by molar-refractivity contribution is 0.522. The predicted molar refractivity (Wildman–Crippen MR) is 80.0 cm³/mol. The predicted octanol–water partition coefficient (Wildman–Crippen LogP) is 3.73. The highest BCUT2D eigenvalue weighted by atomic mass is 79.9. The van der Waals surface area contributed by atoms with Crippen molar-refractivity contribution >= 4 is 27.7 Å². The van der Waals surface area contributed by atoms with Gasteiger partial charge in [-0.05, 0) is 37.5 Å². The number of hydrogen-bond acceptors (Lipinski definition) is 3. The van der Waals surface area contributed by atoms with Crippen molar-refractivity contribution in [1.29, 1.82) is 0 Å². The highest BCUT2D eigenvalue weighted by Gasteiger charge is 2.06. The Morgan fingerprint density at radius 1 is 1.53 bits per heavy atom. The Balaban J connectivity index is 2.34. The Kier molecular flexibility index (Phi) is 7.60. The Hall–Kier alpha value is -0.290. The first-order valence-electron chi connectivity index (χ1n) is 5.71. The van der Waals surface area contributed by atoms with Crippen molar-refractivity contribution in [2.24, 2.45) is 5.84 Å². The summed E-state index contributed by atoms with van der Waals surface area (Å²) in [5.74, 6) is 6.54. The van der Waals surface area contributed by atoms with Gasteiger partial charge in [-0.2, -0.15) is 0 Å². The lowest BCUT2D eigenvalue weighted by atomic mass is 10.1. The number of allylic oxidation sites excluding steroid dienone is 1. The zero-order chi connectivity index (χ0) is 12.5. The van der Waals surface area contributed by atoms with E-state index in [0.29, 0.717) is 6.04 Å². The number of hydrogen-bond donors (Lipinski definition) is 2. The molecule has 0 aliphatic rings. The molecule has 0 aromatic heterocycles. The third-order valence-corrected chi connectivity index (χ3v) is 4.09. The summed E-state index contributed by atoms with van der Waals surface area (Å²) in [6.07, 6.45) is 5.23. The van der Waals surface area contributed by atoms with Gasteiger partial charge in [-0.25, -0.2) is 0 Å². The maximum atomic E-state index is 5.55. The fourth-order valence-corrected chi connectivity index (χ4v) is 3.07. The van der Waals surface area contributed by atoms with Crippen LogP contribution in [0.5, 0.6) is 0 Å². The number of unbranched alkanes of at least 4 members (excludes halogenated alkanes) is 1. The molecule has 3 N–H and O–H groups in total. The van der Waals surface area contributed by atoms with E-state index < -0.39 is 0 Å². The molecule has 0 amide bonds. The van der Waals surface area contributed by atoms with Crippen molar-refractivity contribution in [3.63, 3.8) is 0 Å². The maximum Gasteiger partial charge on any atom is 0.0304 e. The summed E-state index contributed by atoms with van der Waals surface area (Å²) < 4.78 is 1.12. The molecule has 94 valence electrons. The molecule has 1 atom stereocenters. The molecule has 0 spiro atoms. The molecule has 0 saturated heterocycles. The Morgan fingerprint density at radius 2 is 2.35 bits per heavy atom. The molecular formula is C13H19BrN2S. The van der Waals surface area contributed by atoms with Gasteiger partial charge in [-0.1, -0.05) is 28.1 Å². The van der Waals surface area contributed by atoms with Crippen molar-refractivity contribution in [2.75, 3.05) is 5.75 Å². The average molecular weight is 315 g/mol. The second-order valence-electron chi connectivity index (χ2n) is 3.85. The smallest absolute Gasteiger partial charge is 0.0304 e. The fraction of sp³-hybridized carbons (Fsp3) is 0.385. The van der Waals surface area contributed by atoms with Gasteiger partial charge in [0.25, 0.3) is 0 Å². The SMILES string of the molecule is C=CCCCC(CSc1cccc(Br)c1)NN. The van der Waals surface area contributed by atoms with Gasteiger partial charge < -0.3 is 0 Å². The molecule has 1 aromatic carbocycles. The molecule has 0 fully saturated rings. The topological polar surface area (TPSA) is 38.0 Å². The summed E-state index contributed by atoms with van der Waals surface area (Å²) in [5.41, 5.74) is 2.88. The largest absolute Gasteiger partial charge is 0.271 e. The Bertz CT molecular complexity index is 344. The first-order chi connectivity index (χ1) is 8.26. The van der Waals surface area contributed by atoms with Gasteiger partial charge in [-0.15, -0.1) is 18.3 Å². The van der Waals surface area contributed by atoms with Crippen LogP contribution in [0, 0.1) is 0 Å². The second-order valence-corrected chi connectivity index (χ2v) is 5.86. The first-order valence-corrected chi connectivity index (χ1v) is 7.49. The number of benzene rings is 1. The van der Waals surface area contributed by atoms with E-state index in [0.717, 1.165) is 29.5 Å². The lowest BCUT2D eigenvalue weighted by Gasteiger charge is -2.14. The standard InChI is InChI=1S/C13H19BrN2S/c1-2-3-4-7-12(16-15)10-17-13-8-5-6-11(14)9-13/h2,5-6,8-9,12,16H,1,3-4,7,10,15H2. The van der Waals surface area contributed by atoms with Gasteiger partial charge in [-0.3, -0.25) is 11.3 Å². The van der Waals surface area contributed by atoms with E-state index in [1.165, 1.54) is 4.90 Å². The van der Waals surface area contributed by atoms with Gasteiger partial charge in [0.2, 0.25) is 0 Å². The van der Waals surface area contributed by atoms with E-state index >= 15 is 0 Å². The second kappa shape index (κ2) is 8.75. The number of rotatable bonds is 8. The van der Waals surface area contributed by atoms with Crippen LogP contribution in [0.25, 0.3) is 0 Å². The fourth-order valence-electron chi connectivity index (χ4n) is 1.48. The third kappa shape index (κ3) is 6.27. The van der Waals surface area contributed by atoms with E-state index in [1.54, 1.807) is 0 Å². The van der Waals surface area contributed by atoms with Crippen LogP contribution in [0.2, 0.25) is 0 Å². The number of halogens is 1. The number of thioether (sulfide) groups is 1. The summed E-state index contributed by atoms with van der Waals surface area (Å²) >= 11 is 5.30. The molecule has 1 unspecified atom stereocenters. The summed E-state index contributed by atoms with van der Waals surface area (Å²) in [7, 11) is 0. The zero-order valence-corrected chi connectivity index (χ0v) is 12.3. The molecule has 0 bridgehead atoms. The normalized spacial score (nSPS) is 12.4. The summed E-state index contributed by atoms with van der Waals surface area (Å²) in [6.45, 7) is 3.72. The van der Waals surface area contributed by atoms with Crippen LogP contribution in [0.3, 0.4) is 0 Å². The van der Waals surface area contributed by atoms with Crippen LogP contribution in [0.1, 0.15) is 19.3 Å². The minimum atomic E-state index is 0.360. The average Bonchev–Trinajstić information content (AvgIpc) is 2.34. The molecule has 0 aliphatic heterocycles. The monoisotopic (exact) mass is 314 g/mol. The first kappa shape index (κ1) is 14.8. The van der Waals surface area contributed by atoms with E-state index in [2.05, 4.69) is 46.1 Å². The molecular weight excluding hydrogens is 296 g/mol. The van der Waals surface area contributed by atoms with E-state index in [-0.39, 0.29) is 0 Å². The van der Waals surface area contributed by atoms with Crippen molar-refractivity contribution < 1.29 is 0 Å². The molecule has 4 heteroatoms. The summed E-state index contributed by atoms with van der Waals surface area (Å²) in [4.78, 5) is 1.27. The van der Waals surface area contributed by atoms with Crippen molar-refractivity contribution in [1.82, 2.24) is 5.43 Å². The minimum absolute atomic E-state index is 0.360. The lowest BCUT2D eigenvalue weighted by Crippen LogP contribution is -2.36. The molecule has 0 saturated carbocycles.